The van der Waals surface area contributed by atoms with Gasteiger partial charge in [-0.2, -0.15) is 21.0 Å². The van der Waals surface area contributed by atoms with Crippen molar-refractivity contribution in [3.63, 3.8) is 0 Å². The molecule has 5 aromatic rings. The Morgan fingerprint density at radius 2 is 0.870 bits per heavy atom. The van der Waals surface area contributed by atoms with E-state index >= 15 is 0 Å². The molecular weight excluding hydrogens is 613 g/mol. The van der Waals surface area contributed by atoms with E-state index in [0.717, 1.165) is 22.3 Å². The number of aromatic nitrogens is 2. The number of allylic oxidation sites excluding steroid dienone is 2. The van der Waals surface area contributed by atoms with Crippen LogP contribution in [0.2, 0.25) is 0 Å². The molecule has 0 saturated heterocycles. The van der Waals surface area contributed by atoms with E-state index in [1.54, 1.807) is 79.1 Å². The molecule has 0 radical (unpaired) electrons. The first-order valence-electron chi connectivity index (χ1n) is 13.7. The number of hydrogen-bond acceptors (Lipinski definition) is 8. The van der Waals surface area contributed by atoms with Gasteiger partial charge in [-0.1, -0.05) is 12.1 Å². The first-order valence-corrected chi connectivity index (χ1v) is 16.0. The van der Waals surface area contributed by atoms with Crippen LogP contribution in [0, 0.1) is 45.3 Å². The summed E-state index contributed by atoms with van der Waals surface area (Å²) in [7, 11) is 0. The fourth-order valence-electron chi connectivity index (χ4n) is 5.88. The van der Waals surface area contributed by atoms with Crippen molar-refractivity contribution in [1.29, 1.82) is 21.0 Å². The van der Waals surface area contributed by atoms with Gasteiger partial charge in [-0.15, -0.1) is 0 Å². The molecule has 7 rings (SSSR count). The molecule has 2 aliphatic rings. The van der Waals surface area contributed by atoms with Crippen molar-refractivity contribution in [3.05, 3.63) is 131 Å². The summed E-state index contributed by atoms with van der Waals surface area (Å²) in [5.41, 5.74) is 5.76. The van der Waals surface area contributed by atoms with Crippen molar-refractivity contribution in [2.45, 2.75) is 19.8 Å². The molecule has 10 heteroatoms. The number of fused-ring (bicyclic) bond motifs is 6. The highest BCUT2D eigenvalue weighted by molar-refractivity contribution is 7.91. The lowest BCUT2D eigenvalue weighted by atomic mass is 9.93. The molecule has 2 aromatic heterocycles. The molecule has 2 heterocycles. The van der Waals surface area contributed by atoms with Gasteiger partial charge in [0.05, 0.1) is 0 Å². The zero-order valence-corrected chi connectivity index (χ0v) is 25.2. The number of rotatable bonds is 4. The van der Waals surface area contributed by atoms with E-state index in [1.807, 2.05) is 42.5 Å². The monoisotopic (exact) mass is 628 g/mol. The van der Waals surface area contributed by atoms with E-state index < -0.39 is 22.4 Å². The van der Waals surface area contributed by atoms with Gasteiger partial charge in [-0.05, 0) is 93.0 Å². The minimum absolute atomic E-state index is 0.129. The number of pyridine rings is 2. The molecule has 0 spiro atoms. The van der Waals surface area contributed by atoms with Crippen LogP contribution in [-0.4, -0.2) is 19.1 Å². The fraction of sp³-hybridized carbons (Fsp3) is 0. The Balaban J connectivity index is 1.45. The topological polar surface area (TPSA) is 167 Å². The third-order valence-electron chi connectivity index (χ3n) is 7.83. The average Bonchev–Trinajstić information content (AvgIpc) is 3.60. The van der Waals surface area contributed by atoms with E-state index in [-0.39, 0.29) is 11.1 Å². The first kappa shape index (κ1) is 28.8. The van der Waals surface area contributed by atoms with Crippen molar-refractivity contribution in [1.82, 2.24) is 9.97 Å². The van der Waals surface area contributed by atoms with E-state index in [2.05, 4.69) is 9.97 Å². The minimum Gasteiger partial charge on any atom is -0.605 e. The van der Waals surface area contributed by atoms with E-state index in [9.17, 15) is 30.2 Å². The summed E-state index contributed by atoms with van der Waals surface area (Å²) in [5.74, 6) is 0. The van der Waals surface area contributed by atoms with Crippen LogP contribution in [-0.2, 0) is 22.4 Å². The lowest BCUT2D eigenvalue weighted by molar-refractivity contribution is 0.590. The molecule has 8 nitrogen and oxygen atoms in total. The number of hydrogen-bond donors (Lipinski definition) is 0. The Morgan fingerprint density at radius 3 is 1.24 bits per heavy atom. The summed E-state index contributed by atoms with van der Waals surface area (Å²) >= 11 is -3.22. The van der Waals surface area contributed by atoms with Gasteiger partial charge in [0.1, 0.15) is 35.4 Å². The smallest absolute Gasteiger partial charge is 0.250 e. The highest BCUT2D eigenvalue weighted by Crippen LogP contribution is 2.54. The molecule has 0 saturated carbocycles. The molecule has 3 aromatic carbocycles. The van der Waals surface area contributed by atoms with Gasteiger partial charge in [0.15, 0.2) is 9.79 Å². The molecular formula is C36H16N6O2S2. The van der Waals surface area contributed by atoms with E-state index in [0.29, 0.717) is 53.2 Å². The Labute approximate surface area is 269 Å². The molecule has 2 atom stereocenters. The standard InChI is InChI=1S/C36H16N6O2S2/c37-17-21(18-38)35-29-13-23(45(43)33-5-1-3-11-41-33)7-9-25(29)27-15-28-26-10-8-24(46(44)34-6-2-4-12-42-34)14-30(26)36(22(19-39)20-40)32(28)16-31(27)35/h1-16H. The van der Waals surface area contributed by atoms with Gasteiger partial charge in [0.25, 0.3) is 0 Å². The van der Waals surface area contributed by atoms with Crippen molar-refractivity contribution in [2.75, 3.05) is 0 Å². The summed E-state index contributed by atoms with van der Waals surface area (Å²) < 4.78 is 26.8. The Hall–Kier alpha value is -5.98. The van der Waals surface area contributed by atoms with Crippen LogP contribution in [0.5, 0.6) is 0 Å². The Bertz CT molecular complexity index is 2150. The maximum atomic E-state index is 13.4. The van der Waals surface area contributed by atoms with Gasteiger partial charge in [-0.3, -0.25) is 0 Å². The van der Waals surface area contributed by atoms with Gasteiger partial charge in [-0.25, -0.2) is 9.97 Å². The largest absolute Gasteiger partial charge is 0.605 e. The zero-order chi connectivity index (χ0) is 31.9. The van der Waals surface area contributed by atoms with Crippen LogP contribution in [0.1, 0.15) is 22.3 Å². The zero-order valence-electron chi connectivity index (χ0n) is 23.6. The maximum absolute atomic E-state index is 13.4. The average molecular weight is 629 g/mol. The highest BCUT2D eigenvalue weighted by Gasteiger charge is 2.35. The third kappa shape index (κ3) is 4.47. The molecule has 214 valence electrons. The normalized spacial score (nSPS) is 13.1. The summed E-state index contributed by atoms with van der Waals surface area (Å²) in [4.78, 5) is 9.35. The van der Waals surface area contributed by atoms with Crippen LogP contribution in [0.4, 0.5) is 0 Å². The molecule has 0 bridgehead atoms. The van der Waals surface area contributed by atoms with Crippen LogP contribution in [0.15, 0.2) is 128 Å². The highest BCUT2D eigenvalue weighted by atomic mass is 32.2. The number of nitriles is 4. The van der Waals surface area contributed by atoms with Gasteiger partial charge >= 0.3 is 0 Å². The number of benzene rings is 3. The second-order valence-corrected chi connectivity index (χ2v) is 13.0. The van der Waals surface area contributed by atoms with E-state index in [1.165, 1.54) is 0 Å². The van der Waals surface area contributed by atoms with Crippen LogP contribution < -0.4 is 0 Å². The molecule has 46 heavy (non-hydrogen) atoms. The summed E-state index contributed by atoms with van der Waals surface area (Å²) in [5, 5.41) is 40.7. The Morgan fingerprint density at radius 1 is 0.478 bits per heavy atom. The predicted molar refractivity (Wildman–Crippen MR) is 170 cm³/mol. The minimum atomic E-state index is -1.61. The fourth-order valence-corrected chi connectivity index (χ4v) is 7.91. The van der Waals surface area contributed by atoms with Gasteiger partial charge in [0.2, 0.25) is 10.1 Å². The maximum Gasteiger partial charge on any atom is 0.250 e. The Kier molecular flexibility index (Phi) is 7.20. The van der Waals surface area contributed by atoms with Crippen molar-refractivity contribution in [2.24, 2.45) is 0 Å². The molecule has 0 N–H and O–H groups in total. The molecule has 0 amide bonds. The van der Waals surface area contributed by atoms with Crippen molar-refractivity contribution in [3.8, 4) is 46.5 Å². The molecule has 2 unspecified atom stereocenters. The summed E-state index contributed by atoms with van der Waals surface area (Å²) in [6.45, 7) is 0. The van der Waals surface area contributed by atoms with Gasteiger partial charge < -0.3 is 9.11 Å². The second kappa shape index (κ2) is 11.5. The van der Waals surface area contributed by atoms with Crippen LogP contribution in [0.25, 0.3) is 33.4 Å². The third-order valence-corrected chi connectivity index (χ3v) is 10.4. The quantitative estimate of drug-likeness (QED) is 0.158. The number of nitrogens with zero attached hydrogens (tertiary/aromatic N) is 6. The first-order chi connectivity index (χ1) is 22.5. The summed E-state index contributed by atoms with van der Waals surface area (Å²) in [6.07, 6.45) is 3.12. The molecule has 0 aliphatic heterocycles. The SMILES string of the molecule is N#CC(C#N)=C1c2cc([S+]([O-])c3ccccn3)ccc2-c2cc3c(cc21)C(=C(C#N)C#N)c1cc([S+]([O-])c2ccccn2)ccc1-3. The van der Waals surface area contributed by atoms with Crippen molar-refractivity contribution >= 4 is 33.5 Å². The van der Waals surface area contributed by atoms with Crippen LogP contribution >= 0.6 is 0 Å². The van der Waals surface area contributed by atoms with Crippen molar-refractivity contribution < 1.29 is 9.11 Å². The van der Waals surface area contributed by atoms with E-state index in [4.69, 9.17) is 0 Å². The van der Waals surface area contributed by atoms with Gasteiger partial charge in [0, 0.05) is 70.2 Å². The lowest BCUT2D eigenvalue weighted by Crippen LogP contribution is -2.04. The molecule has 0 fully saturated rings. The molecule has 2 aliphatic carbocycles. The summed E-state index contributed by atoms with van der Waals surface area (Å²) in [6, 6.07) is 32.6. The lowest BCUT2D eigenvalue weighted by Gasteiger charge is -2.11. The van der Waals surface area contributed by atoms with Crippen LogP contribution in [0.3, 0.4) is 0 Å². The second-order valence-electron chi connectivity index (χ2n) is 10.2. The predicted octanol–water partition coefficient (Wildman–Crippen LogP) is 6.47.